The molecule has 2 atom stereocenters. The van der Waals surface area contributed by atoms with Crippen LogP contribution in [0.4, 0.5) is 8.78 Å². The van der Waals surface area contributed by atoms with Crippen molar-refractivity contribution in [2.75, 3.05) is 26.8 Å². The van der Waals surface area contributed by atoms with Crippen LogP contribution in [0.1, 0.15) is 56.2 Å². The molecule has 2 heterocycles. The van der Waals surface area contributed by atoms with Gasteiger partial charge in [0.1, 0.15) is 23.9 Å². The maximum atomic E-state index is 14.4. The second kappa shape index (κ2) is 11.6. The van der Waals surface area contributed by atoms with Crippen molar-refractivity contribution in [2.24, 2.45) is 11.1 Å². The van der Waals surface area contributed by atoms with Crippen molar-refractivity contribution in [3.05, 3.63) is 94.6 Å². The first-order valence-electron chi connectivity index (χ1n) is 14.9. The van der Waals surface area contributed by atoms with Crippen molar-refractivity contribution < 1.29 is 18.4 Å². The molecule has 226 valence electrons. The molecule has 1 saturated carbocycles. The molecule has 2 amide bonds. The van der Waals surface area contributed by atoms with E-state index in [1.807, 2.05) is 38.2 Å². The number of nitrogens with one attached hydrogen (secondary N) is 1. The van der Waals surface area contributed by atoms with Crippen LogP contribution in [0.15, 0.2) is 78.0 Å². The van der Waals surface area contributed by atoms with Crippen LogP contribution in [0.3, 0.4) is 0 Å². The normalized spacial score (nSPS) is 27.3. The van der Waals surface area contributed by atoms with Gasteiger partial charge in [-0.1, -0.05) is 55.6 Å². The van der Waals surface area contributed by atoms with Crippen LogP contribution >= 0.6 is 0 Å². The zero-order valence-electron chi connectivity index (χ0n) is 25.2. The minimum atomic E-state index is -0.896. The highest BCUT2D eigenvalue weighted by Crippen LogP contribution is 2.47. The van der Waals surface area contributed by atoms with Gasteiger partial charge in [-0.25, -0.2) is 8.78 Å². The fourth-order valence-corrected chi connectivity index (χ4v) is 7.40. The Morgan fingerprint density at radius 1 is 1.21 bits per heavy atom. The second-order valence-corrected chi connectivity index (χ2v) is 12.4. The van der Waals surface area contributed by atoms with E-state index in [9.17, 15) is 18.4 Å². The van der Waals surface area contributed by atoms with Crippen LogP contribution in [0.2, 0.25) is 0 Å². The Balaban J connectivity index is 1.43. The van der Waals surface area contributed by atoms with Gasteiger partial charge >= 0.3 is 0 Å². The Morgan fingerprint density at radius 2 is 1.93 bits per heavy atom. The molecule has 2 aliphatic carbocycles. The van der Waals surface area contributed by atoms with Gasteiger partial charge in [0.25, 0.3) is 0 Å². The van der Waals surface area contributed by atoms with E-state index in [2.05, 4.69) is 28.6 Å². The monoisotopic (exact) mass is 586 g/mol. The molecule has 5 rings (SSSR count). The number of carbonyl (C=O) groups excluding carboxylic acids is 2. The van der Waals surface area contributed by atoms with E-state index >= 15 is 0 Å². The smallest absolute Gasteiger partial charge is 0.244 e. The largest absolute Gasteiger partial charge is 0.385 e. The van der Waals surface area contributed by atoms with Gasteiger partial charge in [-0.2, -0.15) is 0 Å². The number of halogens is 2. The van der Waals surface area contributed by atoms with E-state index < -0.39 is 29.0 Å². The van der Waals surface area contributed by atoms with Gasteiger partial charge < -0.3 is 16.0 Å². The number of amides is 2. The summed E-state index contributed by atoms with van der Waals surface area (Å²) in [6.07, 6.45) is 12.1. The van der Waals surface area contributed by atoms with Gasteiger partial charge in [0.2, 0.25) is 11.8 Å². The fraction of sp³-hybridized carbons (Fsp3) is 0.429. The number of carbonyl (C=O) groups is 2. The van der Waals surface area contributed by atoms with Crippen LogP contribution in [0.25, 0.3) is 0 Å². The molecule has 0 bridgehead atoms. The molecule has 2 spiro atoms. The third kappa shape index (κ3) is 5.14. The SMILES string of the molecule is C=C/C=C\C1=C(N)NC(=O)[C@@]12Cc1ccc(C#CCN3C(=O)C4(CCCC4)N(C)C[C@@]3(C)/C(C)=C/C(F)=C\CF)cc1C2. The molecule has 43 heavy (non-hydrogen) atoms. The zero-order chi connectivity index (χ0) is 31.0. The summed E-state index contributed by atoms with van der Waals surface area (Å²) >= 11 is 0. The minimum absolute atomic E-state index is 0.00537. The number of nitrogens with two attached hydrogens (primary N) is 1. The first kappa shape index (κ1) is 30.5. The van der Waals surface area contributed by atoms with Gasteiger partial charge in [0.15, 0.2) is 0 Å². The summed E-state index contributed by atoms with van der Waals surface area (Å²) in [7, 11) is 1.97. The number of hydrogen-bond donors (Lipinski definition) is 2. The molecule has 0 aromatic heterocycles. The highest BCUT2D eigenvalue weighted by atomic mass is 19.1. The van der Waals surface area contributed by atoms with Crippen molar-refractivity contribution in [1.82, 2.24) is 15.1 Å². The molecule has 0 unspecified atom stereocenters. The number of nitrogens with zero attached hydrogens (tertiary/aromatic N) is 2. The average Bonchev–Trinajstić information content (AvgIpc) is 3.66. The lowest BCUT2D eigenvalue weighted by atomic mass is 9.78. The number of alkyl halides is 1. The summed E-state index contributed by atoms with van der Waals surface area (Å²) in [6, 6.07) is 5.96. The highest BCUT2D eigenvalue weighted by Gasteiger charge is 2.56. The molecular weight excluding hydrogens is 546 g/mol. The van der Waals surface area contributed by atoms with E-state index in [0.717, 1.165) is 54.0 Å². The number of hydrogen-bond acceptors (Lipinski definition) is 4. The standard InChI is InChI=1S/C35H40F2N4O2/c1-5-6-11-29-30(38)39-31(42)34(29)21-26-13-12-25(20-27(26)22-34)10-9-18-41-32(43)35(15-7-8-16-35)40(4)23-33(41,3)24(2)19-28(37)14-17-36/h5-6,11-14,19-20H,1,7-8,15-18,21-23,38H2,2-4H3,(H,39,42)/b11-6-,24-19+,28-14+/t33-,34+/m0/s1. The van der Waals surface area contributed by atoms with Gasteiger partial charge in [-0.3, -0.25) is 14.5 Å². The molecule has 2 fully saturated rings. The number of likely N-dealkylation sites (N-methyl/N-ethyl adjacent to an activating group) is 1. The van der Waals surface area contributed by atoms with Crippen molar-refractivity contribution in [3.8, 4) is 11.8 Å². The number of benzene rings is 1. The predicted octanol–water partition coefficient (Wildman–Crippen LogP) is 4.78. The molecular formula is C35H40F2N4O2. The maximum Gasteiger partial charge on any atom is 0.244 e. The molecule has 0 radical (unpaired) electrons. The number of piperazine rings is 1. The average molecular weight is 587 g/mol. The summed E-state index contributed by atoms with van der Waals surface area (Å²) in [5.74, 6) is 6.08. The first-order chi connectivity index (χ1) is 20.5. The Morgan fingerprint density at radius 3 is 2.63 bits per heavy atom. The zero-order valence-corrected chi connectivity index (χ0v) is 25.2. The Kier molecular flexibility index (Phi) is 8.24. The lowest BCUT2D eigenvalue weighted by Gasteiger charge is -2.55. The molecule has 1 aromatic rings. The van der Waals surface area contributed by atoms with E-state index in [4.69, 9.17) is 5.73 Å². The lowest BCUT2D eigenvalue weighted by molar-refractivity contribution is -0.158. The maximum absolute atomic E-state index is 14.4. The molecule has 8 heteroatoms. The van der Waals surface area contributed by atoms with Gasteiger partial charge in [0.05, 0.1) is 17.5 Å². The highest BCUT2D eigenvalue weighted by molar-refractivity contribution is 5.93. The Bertz CT molecular complexity index is 1540. The molecule has 3 N–H and O–H groups in total. The second-order valence-electron chi connectivity index (χ2n) is 12.4. The van der Waals surface area contributed by atoms with Crippen molar-refractivity contribution >= 4 is 11.8 Å². The topological polar surface area (TPSA) is 78.7 Å². The Hall–Kier alpha value is -3.96. The van der Waals surface area contributed by atoms with Gasteiger partial charge in [-0.15, -0.1) is 0 Å². The summed E-state index contributed by atoms with van der Waals surface area (Å²) < 4.78 is 27.1. The van der Waals surface area contributed by atoms with E-state index in [1.54, 1.807) is 24.0 Å². The quantitative estimate of drug-likeness (QED) is 0.372. The predicted molar refractivity (Wildman–Crippen MR) is 165 cm³/mol. The molecule has 6 nitrogen and oxygen atoms in total. The third-order valence-corrected chi connectivity index (χ3v) is 9.97. The Labute approximate surface area is 253 Å². The van der Waals surface area contributed by atoms with Crippen LogP contribution in [0, 0.1) is 17.3 Å². The van der Waals surface area contributed by atoms with Crippen LogP contribution in [-0.2, 0) is 22.4 Å². The van der Waals surface area contributed by atoms with Crippen LogP contribution in [0.5, 0.6) is 0 Å². The fourth-order valence-electron chi connectivity index (χ4n) is 7.40. The molecule has 1 saturated heterocycles. The van der Waals surface area contributed by atoms with E-state index in [1.165, 1.54) is 6.08 Å². The first-order valence-corrected chi connectivity index (χ1v) is 14.9. The van der Waals surface area contributed by atoms with Crippen molar-refractivity contribution in [3.63, 3.8) is 0 Å². The van der Waals surface area contributed by atoms with Crippen LogP contribution < -0.4 is 11.1 Å². The van der Waals surface area contributed by atoms with Crippen LogP contribution in [-0.4, -0.2) is 59.5 Å². The molecule has 4 aliphatic rings. The molecule has 2 aliphatic heterocycles. The van der Waals surface area contributed by atoms with Crippen molar-refractivity contribution in [2.45, 2.75) is 63.5 Å². The summed E-state index contributed by atoms with van der Waals surface area (Å²) in [4.78, 5) is 31.1. The van der Waals surface area contributed by atoms with Crippen molar-refractivity contribution in [1.29, 1.82) is 0 Å². The third-order valence-electron chi connectivity index (χ3n) is 9.97. The summed E-state index contributed by atoms with van der Waals surface area (Å²) in [5.41, 5.74) is 8.34. The minimum Gasteiger partial charge on any atom is -0.385 e. The van der Waals surface area contributed by atoms with E-state index in [0.29, 0.717) is 30.8 Å². The number of allylic oxidation sites excluding steroid dienone is 6. The summed E-state index contributed by atoms with van der Waals surface area (Å²) in [6.45, 7) is 7.24. The van der Waals surface area contributed by atoms with E-state index in [-0.39, 0.29) is 18.4 Å². The van der Waals surface area contributed by atoms with Gasteiger partial charge in [-0.05, 0) is 87.6 Å². The molecule has 1 aromatic carbocycles. The van der Waals surface area contributed by atoms with Gasteiger partial charge in [0, 0.05) is 17.7 Å². The lowest BCUT2D eigenvalue weighted by Crippen LogP contribution is -2.72. The summed E-state index contributed by atoms with van der Waals surface area (Å²) in [5, 5.41) is 2.81. The number of rotatable bonds is 6. The number of fused-ring (bicyclic) bond motifs is 1.